The fourth-order valence-corrected chi connectivity index (χ4v) is 5.15. The molecule has 1 aromatic carbocycles. The Labute approximate surface area is 194 Å². The number of aromatic nitrogens is 5. The maximum absolute atomic E-state index is 12.9. The minimum absolute atomic E-state index is 0.0286. The van der Waals surface area contributed by atoms with Gasteiger partial charge in [-0.1, -0.05) is 0 Å². The maximum atomic E-state index is 12.9. The van der Waals surface area contributed by atoms with Crippen LogP contribution in [0.1, 0.15) is 49.3 Å². The molecule has 1 fully saturated rings. The van der Waals surface area contributed by atoms with E-state index in [1.165, 1.54) is 6.33 Å². The van der Waals surface area contributed by atoms with Crippen molar-refractivity contribution >= 4 is 16.7 Å². The lowest BCUT2D eigenvalue weighted by Crippen LogP contribution is -2.37. The number of imidazole rings is 1. The SMILES string of the molecule is Cc1cc2c(cc1-c1cc(C)c3ncnn3c1)[nH]c(=O)n2[C@H]1CC[C@@H](NCCC(F)(F)F)CC1. The summed E-state index contributed by atoms with van der Waals surface area (Å²) in [6, 6.07) is 6.20. The van der Waals surface area contributed by atoms with Gasteiger partial charge in [0.25, 0.3) is 0 Å². The second-order valence-electron chi connectivity index (χ2n) is 9.25. The largest absolute Gasteiger partial charge is 0.390 e. The molecule has 2 N–H and O–H groups in total. The molecular weight excluding hydrogens is 445 g/mol. The van der Waals surface area contributed by atoms with Gasteiger partial charge >= 0.3 is 11.9 Å². The van der Waals surface area contributed by atoms with Crippen molar-refractivity contribution in [3.8, 4) is 11.1 Å². The summed E-state index contributed by atoms with van der Waals surface area (Å²) in [6.45, 7) is 3.96. The molecule has 1 aliphatic carbocycles. The van der Waals surface area contributed by atoms with E-state index in [1.54, 1.807) is 4.52 Å². The summed E-state index contributed by atoms with van der Waals surface area (Å²) >= 11 is 0. The van der Waals surface area contributed by atoms with E-state index in [9.17, 15) is 18.0 Å². The third-order valence-electron chi connectivity index (χ3n) is 6.84. The highest BCUT2D eigenvalue weighted by Crippen LogP contribution is 2.33. The van der Waals surface area contributed by atoms with E-state index in [4.69, 9.17) is 0 Å². The molecule has 7 nitrogen and oxygen atoms in total. The molecule has 3 aromatic heterocycles. The minimum Gasteiger partial charge on any atom is -0.314 e. The molecule has 0 aliphatic heterocycles. The lowest BCUT2D eigenvalue weighted by atomic mass is 9.90. The van der Waals surface area contributed by atoms with Gasteiger partial charge in [-0.25, -0.2) is 14.3 Å². The van der Waals surface area contributed by atoms with Crippen LogP contribution in [0.25, 0.3) is 27.8 Å². The van der Waals surface area contributed by atoms with Gasteiger partial charge in [-0.05, 0) is 74.4 Å². The Kier molecular flexibility index (Phi) is 5.71. The number of pyridine rings is 1. The average Bonchev–Trinajstić information content (AvgIpc) is 3.37. The summed E-state index contributed by atoms with van der Waals surface area (Å²) in [5.74, 6) is 0. The number of nitrogens with one attached hydrogen (secondary N) is 2. The molecule has 0 amide bonds. The van der Waals surface area contributed by atoms with Crippen molar-refractivity contribution in [2.24, 2.45) is 0 Å². The zero-order valence-corrected chi connectivity index (χ0v) is 19.1. The smallest absolute Gasteiger partial charge is 0.314 e. The fourth-order valence-electron chi connectivity index (χ4n) is 5.15. The number of H-pyrrole nitrogens is 1. The molecule has 0 spiro atoms. The predicted molar refractivity (Wildman–Crippen MR) is 124 cm³/mol. The van der Waals surface area contributed by atoms with Crippen molar-refractivity contribution < 1.29 is 13.2 Å². The molecule has 0 atom stereocenters. The third-order valence-corrected chi connectivity index (χ3v) is 6.84. The summed E-state index contributed by atoms with van der Waals surface area (Å²) < 4.78 is 40.8. The maximum Gasteiger partial charge on any atom is 0.390 e. The van der Waals surface area contributed by atoms with Crippen LogP contribution in [0, 0.1) is 13.8 Å². The van der Waals surface area contributed by atoms with Gasteiger partial charge in [0.2, 0.25) is 0 Å². The number of rotatable bonds is 5. The van der Waals surface area contributed by atoms with E-state index in [-0.39, 0.29) is 24.3 Å². The van der Waals surface area contributed by atoms with E-state index in [1.807, 2.05) is 36.7 Å². The average molecular weight is 473 g/mol. The third kappa shape index (κ3) is 4.34. The number of halogens is 3. The van der Waals surface area contributed by atoms with Gasteiger partial charge in [-0.15, -0.1) is 0 Å². The predicted octanol–water partition coefficient (Wildman–Crippen LogP) is 4.68. The molecular formula is C24H27F3N6O. The molecule has 180 valence electrons. The Balaban J connectivity index is 1.38. The summed E-state index contributed by atoms with van der Waals surface area (Å²) in [6.07, 6.45) is 1.49. The number of hydrogen-bond acceptors (Lipinski definition) is 4. The van der Waals surface area contributed by atoms with Gasteiger partial charge < -0.3 is 10.3 Å². The monoisotopic (exact) mass is 472 g/mol. The van der Waals surface area contributed by atoms with E-state index in [2.05, 4.69) is 26.4 Å². The summed E-state index contributed by atoms with van der Waals surface area (Å²) in [5.41, 5.74) is 6.36. The molecule has 0 bridgehead atoms. The van der Waals surface area contributed by atoms with Crippen molar-refractivity contribution in [3.63, 3.8) is 0 Å². The lowest BCUT2D eigenvalue weighted by molar-refractivity contribution is -0.133. The van der Waals surface area contributed by atoms with Crippen LogP contribution >= 0.6 is 0 Å². The standard InChI is InChI=1S/C24H27F3N6O/c1-14-10-21-20(11-19(14)16-9-15(2)22-29-13-30-32(22)12-16)31-23(34)33(21)18-5-3-17(4-6-18)28-8-7-24(25,26)27/h9-13,17-18,28H,3-8H2,1-2H3,(H,31,34)/t17-,18+. The summed E-state index contributed by atoms with van der Waals surface area (Å²) in [5, 5.41) is 7.28. The van der Waals surface area contributed by atoms with Crippen molar-refractivity contribution in [3.05, 3.63) is 52.3 Å². The van der Waals surface area contributed by atoms with Gasteiger partial charge in [-0.2, -0.15) is 18.3 Å². The Morgan fingerprint density at radius 2 is 1.88 bits per heavy atom. The zero-order valence-electron chi connectivity index (χ0n) is 19.1. The van der Waals surface area contributed by atoms with Crippen LogP contribution in [0.15, 0.2) is 35.5 Å². The van der Waals surface area contributed by atoms with Gasteiger partial charge in [-0.3, -0.25) is 4.57 Å². The van der Waals surface area contributed by atoms with Crippen LogP contribution in [0.2, 0.25) is 0 Å². The first-order valence-electron chi connectivity index (χ1n) is 11.5. The van der Waals surface area contributed by atoms with Gasteiger partial charge in [0.1, 0.15) is 6.33 Å². The van der Waals surface area contributed by atoms with Crippen molar-refractivity contribution in [2.75, 3.05) is 6.54 Å². The highest BCUT2D eigenvalue weighted by molar-refractivity contribution is 5.84. The lowest BCUT2D eigenvalue weighted by Gasteiger charge is -2.30. The highest BCUT2D eigenvalue weighted by Gasteiger charge is 2.29. The van der Waals surface area contributed by atoms with E-state index in [0.717, 1.165) is 64.6 Å². The number of hydrogen-bond donors (Lipinski definition) is 2. The van der Waals surface area contributed by atoms with Gasteiger partial charge in [0.05, 0.1) is 17.5 Å². The van der Waals surface area contributed by atoms with Crippen LogP contribution in [-0.4, -0.2) is 42.9 Å². The van der Waals surface area contributed by atoms with Crippen LogP contribution in [-0.2, 0) is 0 Å². The van der Waals surface area contributed by atoms with Crippen LogP contribution in [0.3, 0.4) is 0 Å². The second kappa shape index (κ2) is 8.57. The Morgan fingerprint density at radius 1 is 1.12 bits per heavy atom. The molecule has 0 unspecified atom stereocenters. The number of benzene rings is 1. The van der Waals surface area contributed by atoms with Crippen LogP contribution < -0.4 is 11.0 Å². The van der Waals surface area contributed by atoms with E-state index >= 15 is 0 Å². The van der Waals surface area contributed by atoms with E-state index in [0.29, 0.717) is 0 Å². The molecule has 3 heterocycles. The number of alkyl halides is 3. The molecule has 0 saturated heterocycles. The first-order chi connectivity index (χ1) is 16.2. The molecule has 4 aromatic rings. The van der Waals surface area contributed by atoms with E-state index < -0.39 is 12.6 Å². The number of fused-ring (bicyclic) bond motifs is 2. The Bertz CT molecular complexity index is 1390. The molecule has 1 aliphatic rings. The van der Waals surface area contributed by atoms with Gasteiger partial charge in [0.15, 0.2) is 5.65 Å². The van der Waals surface area contributed by atoms with Crippen LogP contribution in [0.4, 0.5) is 13.2 Å². The number of aryl methyl sites for hydroxylation is 2. The Hall–Kier alpha value is -3.14. The Morgan fingerprint density at radius 3 is 2.62 bits per heavy atom. The van der Waals surface area contributed by atoms with Crippen molar-refractivity contribution in [2.45, 2.75) is 64.2 Å². The quantitative estimate of drug-likeness (QED) is 0.442. The number of nitrogens with zero attached hydrogens (tertiary/aromatic N) is 4. The molecule has 34 heavy (non-hydrogen) atoms. The minimum atomic E-state index is -4.14. The van der Waals surface area contributed by atoms with Crippen LogP contribution in [0.5, 0.6) is 0 Å². The summed E-state index contributed by atoms with van der Waals surface area (Å²) in [7, 11) is 0. The van der Waals surface area contributed by atoms with Crippen molar-refractivity contribution in [1.29, 1.82) is 0 Å². The normalized spacial score (nSPS) is 19.3. The first kappa shape index (κ1) is 22.6. The molecule has 1 saturated carbocycles. The second-order valence-corrected chi connectivity index (χ2v) is 9.25. The first-order valence-corrected chi connectivity index (χ1v) is 11.5. The molecule has 0 radical (unpaired) electrons. The molecule has 5 rings (SSSR count). The summed E-state index contributed by atoms with van der Waals surface area (Å²) in [4.78, 5) is 20.2. The highest BCUT2D eigenvalue weighted by atomic mass is 19.4. The van der Waals surface area contributed by atoms with Crippen molar-refractivity contribution in [1.82, 2.24) is 29.5 Å². The topological polar surface area (TPSA) is 80.0 Å². The molecule has 10 heteroatoms. The fraction of sp³-hybridized carbons (Fsp3) is 0.458. The zero-order chi connectivity index (χ0) is 24.0. The number of aromatic amines is 1. The van der Waals surface area contributed by atoms with Gasteiger partial charge in [0, 0.05) is 30.4 Å².